The van der Waals surface area contributed by atoms with Crippen LogP contribution in [0.3, 0.4) is 0 Å². The van der Waals surface area contributed by atoms with E-state index in [1.54, 1.807) is 9.80 Å². The molecule has 0 saturated carbocycles. The number of carbonyl (C=O) groups is 3. The fraction of sp³-hybridized carbons (Fsp3) is 0.500. The number of anilines is 1. The quantitative estimate of drug-likeness (QED) is 0.913. The van der Waals surface area contributed by atoms with Gasteiger partial charge in [-0.1, -0.05) is 12.1 Å². The van der Waals surface area contributed by atoms with E-state index in [-0.39, 0.29) is 30.7 Å². The Labute approximate surface area is 141 Å². The maximum Gasteiger partial charge on any atom is 0.308 e. The largest absolute Gasteiger partial charge is 0.481 e. The van der Waals surface area contributed by atoms with Crippen molar-refractivity contribution in [2.24, 2.45) is 11.8 Å². The number of nitrogens with zero attached hydrogens (tertiary/aromatic N) is 2. The van der Waals surface area contributed by atoms with Gasteiger partial charge in [-0.3, -0.25) is 14.4 Å². The van der Waals surface area contributed by atoms with Gasteiger partial charge in [0.25, 0.3) is 0 Å². The predicted molar refractivity (Wildman–Crippen MR) is 88.7 cm³/mol. The van der Waals surface area contributed by atoms with Gasteiger partial charge < -0.3 is 14.9 Å². The summed E-state index contributed by atoms with van der Waals surface area (Å²) in [6.45, 7) is 5.06. The lowest BCUT2D eigenvalue weighted by Gasteiger charge is -2.22. The molecule has 2 fully saturated rings. The molecule has 1 aromatic carbocycles. The molecule has 2 amide bonds. The second-order valence-corrected chi connectivity index (χ2v) is 6.73. The Morgan fingerprint density at radius 1 is 1.17 bits per heavy atom. The molecule has 3 rings (SSSR count). The molecule has 2 unspecified atom stereocenters. The Morgan fingerprint density at radius 2 is 1.92 bits per heavy atom. The molecular formula is C18H22N2O4. The summed E-state index contributed by atoms with van der Waals surface area (Å²) < 4.78 is 0. The fourth-order valence-electron chi connectivity index (χ4n) is 3.55. The zero-order chi connectivity index (χ0) is 17.4. The van der Waals surface area contributed by atoms with Crippen molar-refractivity contribution in [3.63, 3.8) is 0 Å². The Morgan fingerprint density at radius 3 is 2.58 bits per heavy atom. The third kappa shape index (κ3) is 2.88. The van der Waals surface area contributed by atoms with Gasteiger partial charge in [-0.2, -0.15) is 0 Å². The highest BCUT2D eigenvalue weighted by atomic mass is 16.4. The van der Waals surface area contributed by atoms with Crippen molar-refractivity contribution in [2.45, 2.75) is 26.7 Å². The minimum absolute atomic E-state index is 0.0453. The van der Waals surface area contributed by atoms with E-state index in [0.717, 1.165) is 16.8 Å². The fourth-order valence-corrected chi connectivity index (χ4v) is 3.55. The van der Waals surface area contributed by atoms with E-state index in [0.29, 0.717) is 19.5 Å². The van der Waals surface area contributed by atoms with Crippen molar-refractivity contribution >= 4 is 23.5 Å². The smallest absolute Gasteiger partial charge is 0.308 e. The summed E-state index contributed by atoms with van der Waals surface area (Å²) in [5.74, 6) is -1.87. The van der Waals surface area contributed by atoms with Gasteiger partial charge in [0.15, 0.2) is 0 Å². The van der Waals surface area contributed by atoms with Crippen LogP contribution in [0.5, 0.6) is 0 Å². The zero-order valence-electron chi connectivity index (χ0n) is 14.0. The van der Waals surface area contributed by atoms with Crippen LogP contribution >= 0.6 is 0 Å². The number of likely N-dealkylation sites (tertiary alicyclic amines) is 1. The highest BCUT2D eigenvalue weighted by Gasteiger charge is 2.40. The molecule has 2 aliphatic heterocycles. The molecule has 128 valence electrons. The number of hydrogen-bond acceptors (Lipinski definition) is 3. The van der Waals surface area contributed by atoms with E-state index < -0.39 is 11.9 Å². The van der Waals surface area contributed by atoms with Gasteiger partial charge in [-0.15, -0.1) is 0 Å². The number of carbonyl (C=O) groups excluding carboxylic acids is 2. The molecule has 2 aliphatic rings. The zero-order valence-corrected chi connectivity index (χ0v) is 14.0. The van der Waals surface area contributed by atoms with Gasteiger partial charge in [0.1, 0.15) is 0 Å². The summed E-state index contributed by atoms with van der Waals surface area (Å²) in [5, 5.41) is 9.07. The lowest BCUT2D eigenvalue weighted by atomic mass is 10.1. The molecule has 0 bridgehead atoms. The van der Waals surface area contributed by atoms with Crippen LogP contribution in [0.1, 0.15) is 24.0 Å². The molecule has 0 aliphatic carbocycles. The average molecular weight is 330 g/mol. The van der Waals surface area contributed by atoms with Crippen LogP contribution in [0.2, 0.25) is 0 Å². The van der Waals surface area contributed by atoms with Crippen LogP contribution in [0, 0.1) is 25.7 Å². The van der Waals surface area contributed by atoms with E-state index in [1.165, 1.54) is 0 Å². The number of benzene rings is 1. The van der Waals surface area contributed by atoms with Crippen molar-refractivity contribution in [1.29, 1.82) is 0 Å². The summed E-state index contributed by atoms with van der Waals surface area (Å²) in [6.07, 6.45) is 0.683. The maximum absolute atomic E-state index is 12.6. The maximum atomic E-state index is 12.6. The Bertz CT molecular complexity index is 700. The normalized spacial score (nSPS) is 23.8. The first-order valence-electron chi connectivity index (χ1n) is 8.26. The van der Waals surface area contributed by atoms with Crippen LogP contribution in [0.4, 0.5) is 5.69 Å². The topological polar surface area (TPSA) is 77.9 Å². The van der Waals surface area contributed by atoms with Crippen molar-refractivity contribution < 1.29 is 19.5 Å². The van der Waals surface area contributed by atoms with E-state index in [4.69, 9.17) is 5.11 Å². The number of aryl methyl sites for hydroxylation is 1. The Kier molecular flexibility index (Phi) is 4.30. The van der Waals surface area contributed by atoms with Crippen LogP contribution in [-0.4, -0.2) is 47.4 Å². The lowest BCUT2D eigenvalue weighted by Crippen LogP contribution is -2.36. The minimum Gasteiger partial charge on any atom is -0.481 e. The molecule has 24 heavy (non-hydrogen) atoms. The molecule has 2 atom stereocenters. The number of carboxylic acids is 1. The molecule has 6 heteroatoms. The number of rotatable bonds is 3. The van der Waals surface area contributed by atoms with E-state index in [1.807, 2.05) is 32.0 Å². The molecule has 0 spiro atoms. The van der Waals surface area contributed by atoms with Gasteiger partial charge in [0.05, 0.1) is 11.8 Å². The minimum atomic E-state index is -0.857. The first kappa shape index (κ1) is 16.5. The first-order valence-corrected chi connectivity index (χ1v) is 8.26. The molecule has 2 saturated heterocycles. The second kappa shape index (κ2) is 6.26. The third-order valence-electron chi connectivity index (χ3n) is 5.19. The van der Waals surface area contributed by atoms with Crippen LogP contribution in [-0.2, 0) is 14.4 Å². The van der Waals surface area contributed by atoms with Crippen molar-refractivity contribution in [3.8, 4) is 0 Å². The van der Waals surface area contributed by atoms with Crippen LogP contribution < -0.4 is 4.90 Å². The predicted octanol–water partition coefficient (Wildman–Crippen LogP) is 1.59. The molecule has 0 radical (unpaired) electrons. The summed E-state index contributed by atoms with van der Waals surface area (Å²) in [6, 6.07) is 5.82. The van der Waals surface area contributed by atoms with E-state index in [2.05, 4.69) is 0 Å². The Balaban J connectivity index is 1.72. The Hall–Kier alpha value is -2.37. The summed E-state index contributed by atoms with van der Waals surface area (Å²) in [7, 11) is 0. The summed E-state index contributed by atoms with van der Waals surface area (Å²) in [4.78, 5) is 39.4. The van der Waals surface area contributed by atoms with Gasteiger partial charge >= 0.3 is 5.97 Å². The van der Waals surface area contributed by atoms with Crippen molar-refractivity contribution in [2.75, 3.05) is 24.5 Å². The average Bonchev–Trinajstić information content (AvgIpc) is 3.16. The van der Waals surface area contributed by atoms with E-state index in [9.17, 15) is 14.4 Å². The molecule has 1 N–H and O–H groups in total. The third-order valence-corrected chi connectivity index (χ3v) is 5.19. The highest BCUT2D eigenvalue weighted by Crippen LogP contribution is 2.31. The van der Waals surface area contributed by atoms with E-state index >= 15 is 0 Å². The van der Waals surface area contributed by atoms with Gasteiger partial charge in [-0.05, 0) is 37.5 Å². The molecule has 6 nitrogen and oxygen atoms in total. The lowest BCUT2D eigenvalue weighted by molar-refractivity contribution is -0.141. The number of carboxylic acid groups (broad SMARTS) is 1. The standard InChI is InChI=1S/C18H22N2O4/c1-11-4-3-5-15(12(11)2)20-10-14(8-16(20)21)17(22)19-7-6-13(9-19)18(23)24/h3-5,13-14H,6-10H2,1-2H3,(H,23,24). The highest BCUT2D eigenvalue weighted by molar-refractivity contribution is 6.01. The summed E-state index contributed by atoms with van der Waals surface area (Å²) >= 11 is 0. The summed E-state index contributed by atoms with van der Waals surface area (Å²) in [5.41, 5.74) is 3.02. The molecule has 0 aromatic heterocycles. The van der Waals surface area contributed by atoms with Crippen molar-refractivity contribution in [3.05, 3.63) is 29.3 Å². The van der Waals surface area contributed by atoms with Crippen molar-refractivity contribution in [1.82, 2.24) is 4.90 Å². The molecular weight excluding hydrogens is 308 g/mol. The van der Waals surface area contributed by atoms with Gasteiger partial charge in [-0.25, -0.2) is 0 Å². The number of aliphatic carboxylic acids is 1. The second-order valence-electron chi connectivity index (χ2n) is 6.73. The molecule has 1 aromatic rings. The van der Waals surface area contributed by atoms with Gasteiger partial charge in [0.2, 0.25) is 11.8 Å². The van der Waals surface area contributed by atoms with Gasteiger partial charge in [0, 0.05) is 31.7 Å². The molecule has 2 heterocycles. The van der Waals surface area contributed by atoms with Crippen LogP contribution in [0.25, 0.3) is 0 Å². The number of hydrogen-bond donors (Lipinski definition) is 1. The monoisotopic (exact) mass is 330 g/mol. The van der Waals surface area contributed by atoms with Crippen LogP contribution in [0.15, 0.2) is 18.2 Å². The number of amides is 2. The SMILES string of the molecule is Cc1cccc(N2CC(C(=O)N3CCC(C(=O)O)C3)CC2=O)c1C. The first-order chi connectivity index (χ1) is 11.4.